The lowest BCUT2D eigenvalue weighted by Crippen LogP contribution is -2.12. The van der Waals surface area contributed by atoms with Crippen molar-refractivity contribution in [3.8, 4) is 5.75 Å². The van der Waals surface area contributed by atoms with Crippen LogP contribution < -0.4 is 9.64 Å². The maximum atomic E-state index is 13.4. The van der Waals surface area contributed by atoms with Crippen molar-refractivity contribution in [2.45, 2.75) is 0 Å². The van der Waals surface area contributed by atoms with Crippen molar-refractivity contribution >= 4 is 22.5 Å². The van der Waals surface area contributed by atoms with E-state index in [0.717, 1.165) is 10.9 Å². The van der Waals surface area contributed by atoms with Gasteiger partial charge in [-0.2, -0.15) is 0 Å². The van der Waals surface area contributed by atoms with Gasteiger partial charge in [-0.25, -0.2) is 4.39 Å². The van der Waals surface area contributed by atoms with Crippen LogP contribution in [-0.4, -0.2) is 7.05 Å². The van der Waals surface area contributed by atoms with Gasteiger partial charge in [0.2, 0.25) is 5.88 Å². The van der Waals surface area contributed by atoms with E-state index in [1.165, 1.54) is 17.5 Å². The molecule has 4 rings (SSSR count). The van der Waals surface area contributed by atoms with Crippen LogP contribution in [0.25, 0.3) is 16.8 Å². The molecular formula is C20H14FNO. The zero-order chi connectivity index (χ0) is 15.8. The molecular weight excluding hydrogens is 289 g/mol. The lowest BCUT2D eigenvalue weighted by Gasteiger charge is -2.08. The number of benzene rings is 3. The second-order valence-electron chi connectivity index (χ2n) is 5.44. The number of nitrogens with zero attached hydrogens (tertiary/aromatic N) is 1. The van der Waals surface area contributed by atoms with Gasteiger partial charge < -0.3 is 9.64 Å². The van der Waals surface area contributed by atoms with Crippen LogP contribution in [0.2, 0.25) is 0 Å². The van der Waals surface area contributed by atoms with Crippen LogP contribution in [0.1, 0.15) is 5.56 Å². The molecule has 3 aromatic carbocycles. The molecule has 0 aromatic heterocycles. The number of hydrogen-bond acceptors (Lipinski definition) is 2. The highest BCUT2D eigenvalue weighted by atomic mass is 19.1. The minimum absolute atomic E-state index is 0.279. The molecule has 1 aliphatic rings. The first-order valence-corrected chi connectivity index (χ1v) is 7.38. The highest BCUT2D eigenvalue weighted by molar-refractivity contribution is 5.90. The third-order valence-corrected chi connectivity index (χ3v) is 3.97. The summed E-state index contributed by atoms with van der Waals surface area (Å²) in [6, 6.07) is 18.8. The minimum atomic E-state index is -0.279. The normalized spacial score (nSPS) is 12.8. The fourth-order valence-electron chi connectivity index (χ4n) is 2.76. The maximum absolute atomic E-state index is 13.4. The summed E-state index contributed by atoms with van der Waals surface area (Å²) >= 11 is 0. The molecule has 0 saturated carbocycles. The zero-order valence-corrected chi connectivity index (χ0v) is 12.6. The molecule has 23 heavy (non-hydrogen) atoms. The predicted molar refractivity (Wildman–Crippen MR) is 90.9 cm³/mol. The third kappa shape index (κ3) is 2.37. The molecule has 112 valence electrons. The van der Waals surface area contributed by atoms with Crippen molar-refractivity contribution in [2.24, 2.45) is 0 Å². The Labute approximate surface area is 133 Å². The molecule has 0 aliphatic carbocycles. The Morgan fingerprint density at radius 3 is 2.78 bits per heavy atom. The summed E-state index contributed by atoms with van der Waals surface area (Å²) in [5.74, 6) is 0.916. The Hall–Kier alpha value is -3.03. The highest BCUT2D eigenvalue weighted by Gasteiger charge is 2.23. The second-order valence-corrected chi connectivity index (χ2v) is 5.44. The van der Waals surface area contributed by atoms with Gasteiger partial charge in [-0.1, -0.05) is 48.2 Å². The molecule has 0 saturated heterocycles. The molecule has 0 radical (unpaired) electrons. The van der Waals surface area contributed by atoms with Gasteiger partial charge in [-0.05, 0) is 34.5 Å². The minimum Gasteiger partial charge on any atom is -0.432 e. The SMILES string of the molecule is CN1C(=C=Cc2cccc3ccccc23)Oc2ccc(F)cc21. The Morgan fingerprint density at radius 1 is 1.04 bits per heavy atom. The number of rotatable bonds is 1. The van der Waals surface area contributed by atoms with Gasteiger partial charge >= 0.3 is 0 Å². The van der Waals surface area contributed by atoms with Gasteiger partial charge in [0.1, 0.15) is 5.82 Å². The topological polar surface area (TPSA) is 12.5 Å². The first-order chi connectivity index (χ1) is 11.2. The van der Waals surface area contributed by atoms with E-state index < -0.39 is 0 Å². The fraction of sp³-hybridized carbons (Fsp3) is 0.0500. The molecule has 0 N–H and O–H groups in total. The van der Waals surface area contributed by atoms with Crippen LogP contribution in [0.5, 0.6) is 5.75 Å². The van der Waals surface area contributed by atoms with Gasteiger partial charge in [-0.15, -0.1) is 0 Å². The predicted octanol–water partition coefficient (Wildman–Crippen LogP) is 4.96. The van der Waals surface area contributed by atoms with Crippen LogP contribution in [-0.2, 0) is 0 Å². The Balaban J connectivity index is 1.77. The quantitative estimate of drug-likeness (QED) is 0.589. The molecule has 2 nitrogen and oxygen atoms in total. The van der Waals surface area contributed by atoms with Crippen LogP contribution in [0.4, 0.5) is 10.1 Å². The van der Waals surface area contributed by atoms with E-state index in [0.29, 0.717) is 17.3 Å². The summed E-state index contributed by atoms with van der Waals surface area (Å²) in [6.07, 6.45) is 1.90. The van der Waals surface area contributed by atoms with Gasteiger partial charge in [0.25, 0.3) is 0 Å². The number of halogens is 1. The first-order valence-electron chi connectivity index (χ1n) is 7.38. The summed E-state index contributed by atoms with van der Waals surface area (Å²) < 4.78 is 19.1. The molecule has 3 aromatic rings. The number of fused-ring (bicyclic) bond motifs is 2. The van der Waals surface area contributed by atoms with E-state index in [1.807, 2.05) is 37.4 Å². The maximum Gasteiger partial charge on any atom is 0.246 e. The molecule has 0 amide bonds. The third-order valence-electron chi connectivity index (χ3n) is 3.97. The van der Waals surface area contributed by atoms with E-state index in [2.05, 4.69) is 23.9 Å². The standard InChI is InChI=1S/C20H14FNO/c1-22-18-13-16(21)10-11-19(18)23-20(22)12-9-15-7-4-6-14-5-2-3-8-17(14)15/h2-11,13H,1H3. The van der Waals surface area contributed by atoms with Crippen LogP contribution in [0.3, 0.4) is 0 Å². The Bertz CT molecular complexity index is 965. The fourth-order valence-corrected chi connectivity index (χ4v) is 2.76. The van der Waals surface area contributed by atoms with E-state index in [4.69, 9.17) is 4.74 Å². The van der Waals surface area contributed by atoms with Gasteiger partial charge in [0.05, 0.1) is 5.69 Å². The highest BCUT2D eigenvalue weighted by Crippen LogP contribution is 2.37. The number of ether oxygens (including phenoxy) is 1. The zero-order valence-electron chi connectivity index (χ0n) is 12.6. The smallest absolute Gasteiger partial charge is 0.246 e. The Kier molecular flexibility index (Phi) is 3.14. The van der Waals surface area contributed by atoms with E-state index in [1.54, 1.807) is 11.0 Å². The van der Waals surface area contributed by atoms with Crippen molar-refractivity contribution in [3.63, 3.8) is 0 Å². The summed E-state index contributed by atoms with van der Waals surface area (Å²) in [5.41, 5.74) is 4.95. The van der Waals surface area contributed by atoms with Crippen molar-refractivity contribution < 1.29 is 9.13 Å². The molecule has 0 atom stereocenters. The van der Waals surface area contributed by atoms with Crippen molar-refractivity contribution in [2.75, 3.05) is 11.9 Å². The van der Waals surface area contributed by atoms with E-state index in [-0.39, 0.29) is 5.82 Å². The first kappa shape index (κ1) is 13.6. The molecule has 0 spiro atoms. The number of hydrogen-bond donors (Lipinski definition) is 0. The molecule has 1 aliphatic heterocycles. The van der Waals surface area contributed by atoms with Crippen molar-refractivity contribution in [1.82, 2.24) is 0 Å². The average Bonchev–Trinajstić information content (AvgIpc) is 2.89. The summed E-state index contributed by atoms with van der Waals surface area (Å²) in [4.78, 5) is 1.79. The van der Waals surface area contributed by atoms with Crippen LogP contribution >= 0.6 is 0 Å². The molecule has 3 heteroatoms. The second kappa shape index (κ2) is 5.31. The number of anilines is 1. The lowest BCUT2D eigenvalue weighted by molar-refractivity contribution is 0.445. The molecule has 0 fully saturated rings. The Morgan fingerprint density at radius 2 is 1.87 bits per heavy atom. The van der Waals surface area contributed by atoms with Crippen molar-refractivity contribution in [1.29, 1.82) is 0 Å². The molecule has 0 unspecified atom stereocenters. The van der Waals surface area contributed by atoms with Gasteiger partial charge in [-0.3, -0.25) is 0 Å². The largest absolute Gasteiger partial charge is 0.432 e. The van der Waals surface area contributed by atoms with Gasteiger partial charge in [0.15, 0.2) is 5.75 Å². The van der Waals surface area contributed by atoms with Crippen LogP contribution in [0, 0.1) is 5.82 Å². The van der Waals surface area contributed by atoms with E-state index in [9.17, 15) is 4.39 Å². The average molecular weight is 303 g/mol. The molecule has 0 bridgehead atoms. The lowest BCUT2D eigenvalue weighted by atomic mass is 10.0. The van der Waals surface area contributed by atoms with Crippen LogP contribution in [0.15, 0.2) is 72.3 Å². The molecule has 1 heterocycles. The van der Waals surface area contributed by atoms with E-state index >= 15 is 0 Å². The van der Waals surface area contributed by atoms with Gasteiger partial charge in [0, 0.05) is 13.1 Å². The summed E-state index contributed by atoms with van der Waals surface area (Å²) in [5, 5.41) is 2.34. The monoisotopic (exact) mass is 303 g/mol. The van der Waals surface area contributed by atoms with Crippen molar-refractivity contribution in [3.05, 3.63) is 83.7 Å². The summed E-state index contributed by atoms with van der Waals surface area (Å²) in [7, 11) is 1.84. The summed E-state index contributed by atoms with van der Waals surface area (Å²) in [6.45, 7) is 0.